The summed E-state index contributed by atoms with van der Waals surface area (Å²) in [7, 11) is 0. The van der Waals surface area contributed by atoms with Crippen LogP contribution >= 0.6 is 0 Å². The molecule has 0 radical (unpaired) electrons. The molecule has 5 rings (SSSR count). The van der Waals surface area contributed by atoms with Gasteiger partial charge in [0.2, 0.25) is 0 Å². The van der Waals surface area contributed by atoms with E-state index in [0.29, 0.717) is 13.2 Å². The number of carboxylic acids is 1. The van der Waals surface area contributed by atoms with Crippen LogP contribution in [0.1, 0.15) is 47.2 Å². The summed E-state index contributed by atoms with van der Waals surface area (Å²) in [6.07, 6.45) is 3.65. The number of halogens is 1. The third-order valence-electron chi connectivity index (χ3n) is 7.53. The second-order valence-corrected chi connectivity index (χ2v) is 10.1. The third-order valence-corrected chi connectivity index (χ3v) is 7.53. The first-order valence-electron chi connectivity index (χ1n) is 13.2. The van der Waals surface area contributed by atoms with E-state index in [4.69, 9.17) is 4.84 Å². The number of nitrogens with zero attached hydrogens (tertiary/aromatic N) is 3. The summed E-state index contributed by atoms with van der Waals surface area (Å²) in [5.74, 6) is -1.21. The van der Waals surface area contributed by atoms with Gasteiger partial charge in [-0.25, -0.2) is 9.18 Å². The summed E-state index contributed by atoms with van der Waals surface area (Å²) in [6.45, 7) is 8.05. The number of likely N-dealkylation sites (tertiary alicyclic amines) is 1. The number of hydrogen-bond acceptors (Lipinski definition) is 5. The molecule has 2 aliphatic heterocycles. The third kappa shape index (κ3) is 5.96. The Morgan fingerprint density at radius 3 is 2.39 bits per heavy atom. The fraction of sp³-hybridized carbons (Fsp3) is 0.323. The molecule has 1 N–H and O–H groups in total. The summed E-state index contributed by atoms with van der Waals surface area (Å²) < 4.78 is 13.7. The first-order chi connectivity index (χ1) is 18.4. The van der Waals surface area contributed by atoms with Crippen molar-refractivity contribution in [2.75, 3.05) is 31.2 Å². The molecule has 0 unspecified atom stereocenters. The number of hydrogen-bond donors (Lipinski definition) is 1. The van der Waals surface area contributed by atoms with Crippen molar-refractivity contribution in [1.82, 2.24) is 9.96 Å². The first-order valence-corrected chi connectivity index (χ1v) is 13.2. The van der Waals surface area contributed by atoms with Gasteiger partial charge in [0.05, 0.1) is 18.8 Å². The fourth-order valence-electron chi connectivity index (χ4n) is 5.45. The lowest BCUT2D eigenvalue weighted by Gasteiger charge is -2.43. The number of anilines is 1. The van der Waals surface area contributed by atoms with E-state index in [9.17, 15) is 14.3 Å². The van der Waals surface area contributed by atoms with Gasteiger partial charge in [-0.1, -0.05) is 49.0 Å². The number of aromatic carboxylic acids is 1. The Kier molecular flexibility index (Phi) is 7.88. The highest BCUT2D eigenvalue weighted by Crippen LogP contribution is 2.40. The molecule has 198 valence electrons. The molecule has 0 saturated carbocycles. The van der Waals surface area contributed by atoms with Crippen molar-refractivity contribution in [1.29, 1.82) is 0 Å². The molecule has 3 aromatic rings. The monoisotopic (exact) mass is 515 g/mol. The number of carbonyl (C=O) groups is 1. The van der Waals surface area contributed by atoms with Gasteiger partial charge in [-0.15, -0.1) is 0 Å². The predicted octanol–water partition coefficient (Wildman–Crippen LogP) is 6.02. The van der Waals surface area contributed by atoms with E-state index < -0.39 is 11.7 Å². The summed E-state index contributed by atoms with van der Waals surface area (Å²) in [5.41, 5.74) is 3.90. The minimum Gasteiger partial charge on any atom is -0.478 e. The van der Waals surface area contributed by atoms with Crippen molar-refractivity contribution in [3.63, 3.8) is 0 Å². The summed E-state index contributed by atoms with van der Waals surface area (Å²) >= 11 is 0. The molecule has 6 nitrogen and oxygen atoms in total. The molecule has 7 heteroatoms. The maximum atomic E-state index is 13.7. The molecule has 38 heavy (non-hydrogen) atoms. The Hall–Kier alpha value is -3.52. The van der Waals surface area contributed by atoms with Gasteiger partial charge in [-0.3, -0.25) is 4.84 Å². The van der Waals surface area contributed by atoms with E-state index in [1.54, 1.807) is 30.3 Å². The van der Waals surface area contributed by atoms with Crippen molar-refractivity contribution in [2.45, 2.75) is 38.0 Å². The molecular formula is C31H34FN3O3. The van der Waals surface area contributed by atoms with Crippen LogP contribution in [0.5, 0.6) is 0 Å². The van der Waals surface area contributed by atoms with Crippen molar-refractivity contribution in [3.05, 3.63) is 108 Å². The molecule has 0 bridgehead atoms. The van der Waals surface area contributed by atoms with Crippen LogP contribution in [-0.2, 0) is 11.4 Å². The maximum Gasteiger partial charge on any atom is 0.335 e. The number of allylic oxidation sites excluding steroid dienone is 1. The zero-order valence-corrected chi connectivity index (χ0v) is 21.6. The molecular weight excluding hydrogens is 481 g/mol. The van der Waals surface area contributed by atoms with Gasteiger partial charge in [0.1, 0.15) is 5.82 Å². The average Bonchev–Trinajstić information content (AvgIpc) is 3.27. The largest absolute Gasteiger partial charge is 0.478 e. The second-order valence-electron chi connectivity index (χ2n) is 10.1. The molecule has 2 heterocycles. The minimum atomic E-state index is -0.946. The van der Waals surface area contributed by atoms with Crippen molar-refractivity contribution < 1.29 is 19.1 Å². The van der Waals surface area contributed by atoms with Gasteiger partial charge in [0, 0.05) is 31.6 Å². The van der Waals surface area contributed by atoms with Crippen LogP contribution in [0.15, 0.2) is 85.4 Å². The Balaban J connectivity index is 1.23. The van der Waals surface area contributed by atoms with E-state index in [-0.39, 0.29) is 11.4 Å². The summed E-state index contributed by atoms with van der Waals surface area (Å²) in [5, 5.41) is 11.3. The number of piperidine rings is 1. The molecule has 2 saturated heterocycles. The number of benzene rings is 3. The molecule has 0 aromatic heterocycles. The van der Waals surface area contributed by atoms with Crippen LogP contribution in [0.3, 0.4) is 0 Å². The van der Waals surface area contributed by atoms with Gasteiger partial charge in [0.15, 0.2) is 5.72 Å². The lowest BCUT2D eigenvalue weighted by Crippen LogP contribution is -2.53. The average molecular weight is 516 g/mol. The zero-order chi connectivity index (χ0) is 26.5. The Labute approximate surface area is 223 Å². The molecule has 1 spiro atoms. The lowest BCUT2D eigenvalue weighted by molar-refractivity contribution is -0.212. The fourth-order valence-corrected chi connectivity index (χ4v) is 5.45. The molecule has 2 fully saturated rings. The second kappa shape index (κ2) is 11.5. The van der Waals surface area contributed by atoms with Crippen LogP contribution in [0.2, 0.25) is 0 Å². The molecule has 0 atom stereocenters. The van der Waals surface area contributed by atoms with Gasteiger partial charge >= 0.3 is 5.97 Å². The van der Waals surface area contributed by atoms with Gasteiger partial charge in [-0.2, -0.15) is 5.06 Å². The number of hydroxylamine groups is 2. The van der Waals surface area contributed by atoms with Gasteiger partial charge < -0.3 is 14.9 Å². The molecule has 3 aromatic carbocycles. The molecule has 0 aliphatic carbocycles. The van der Waals surface area contributed by atoms with Crippen molar-refractivity contribution >= 4 is 17.2 Å². The standard InChI is InChI=1S/C31H34FN3O3/c1-24(26-9-3-2-4-10-26)7-6-18-33-19-16-31(17-20-33)35(29-14-12-28(32)13-15-29)23-34(38-31)22-25-8-5-11-27(21-25)30(36)37/h2-5,8-15,21H,1,6-7,16-20,22-23H2,(H,36,37). The smallest absolute Gasteiger partial charge is 0.335 e. The van der Waals surface area contributed by atoms with Gasteiger partial charge in [-0.05, 0) is 72.5 Å². The molecule has 2 aliphatic rings. The minimum absolute atomic E-state index is 0.259. The van der Waals surface area contributed by atoms with Crippen molar-refractivity contribution in [3.8, 4) is 0 Å². The Morgan fingerprint density at radius 1 is 0.974 bits per heavy atom. The number of carboxylic acid groups (broad SMARTS) is 1. The van der Waals surface area contributed by atoms with E-state index in [1.165, 1.54) is 23.3 Å². The summed E-state index contributed by atoms with van der Waals surface area (Å²) in [6, 6.07) is 23.9. The van der Waals surface area contributed by atoms with E-state index in [0.717, 1.165) is 56.6 Å². The number of rotatable bonds is 9. The zero-order valence-electron chi connectivity index (χ0n) is 21.6. The van der Waals surface area contributed by atoms with Crippen LogP contribution in [0.4, 0.5) is 10.1 Å². The van der Waals surface area contributed by atoms with E-state index in [1.807, 2.05) is 29.3 Å². The quantitative estimate of drug-likeness (QED) is 0.376. The van der Waals surface area contributed by atoms with Crippen LogP contribution < -0.4 is 4.90 Å². The van der Waals surface area contributed by atoms with Crippen LogP contribution in [0, 0.1) is 5.82 Å². The van der Waals surface area contributed by atoms with Crippen molar-refractivity contribution in [2.24, 2.45) is 0 Å². The highest BCUT2D eigenvalue weighted by atomic mass is 19.1. The topological polar surface area (TPSA) is 56.3 Å². The van der Waals surface area contributed by atoms with Crippen LogP contribution in [-0.4, -0.2) is 53.1 Å². The van der Waals surface area contributed by atoms with E-state index in [2.05, 4.69) is 28.5 Å². The Bertz CT molecular complexity index is 1260. The normalized spacial score (nSPS) is 17.7. The maximum absolute atomic E-state index is 13.7. The highest BCUT2D eigenvalue weighted by molar-refractivity contribution is 5.87. The van der Waals surface area contributed by atoms with Gasteiger partial charge in [0.25, 0.3) is 0 Å². The highest BCUT2D eigenvalue weighted by Gasteiger charge is 2.48. The van der Waals surface area contributed by atoms with E-state index >= 15 is 0 Å². The first kappa shape index (κ1) is 26.1. The molecule has 0 amide bonds. The lowest BCUT2D eigenvalue weighted by atomic mass is 9.97. The summed E-state index contributed by atoms with van der Waals surface area (Å²) in [4.78, 5) is 22.7. The predicted molar refractivity (Wildman–Crippen MR) is 147 cm³/mol. The SMILES string of the molecule is C=C(CCCN1CCC2(CC1)ON(Cc1cccc(C(=O)O)c1)CN2c1ccc(F)cc1)c1ccccc1. The van der Waals surface area contributed by atoms with Crippen LogP contribution in [0.25, 0.3) is 5.57 Å². The Morgan fingerprint density at radius 2 is 1.68 bits per heavy atom.